The van der Waals surface area contributed by atoms with E-state index in [1.165, 1.54) is 23.6 Å². The van der Waals surface area contributed by atoms with Gasteiger partial charge in [-0.05, 0) is 67.1 Å². The summed E-state index contributed by atoms with van der Waals surface area (Å²) in [6, 6.07) is 21.2. The van der Waals surface area contributed by atoms with Crippen molar-refractivity contribution >= 4 is 49.8 Å². The number of rotatable bonds is 7. The summed E-state index contributed by atoms with van der Waals surface area (Å²) in [5.74, 6) is 0.753. The van der Waals surface area contributed by atoms with Crippen LogP contribution in [0.5, 0.6) is 11.5 Å². The van der Waals surface area contributed by atoms with Crippen LogP contribution >= 0.6 is 11.3 Å². The van der Waals surface area contributed by atoms with E-state index in [-0.39, 0.29) is 5.56 Å². The van der Waals surface area contributed by atoms with Crippen LogP contribution in [0.4, 0.5) is 5.13 Å². The van der Waals surface area contributed by atoms with Gasteiger partial charge in [-0.3, -0.25) is 4.79 Å². The van der Waals surface area contributed by atoms with E-state index >= 15 is 0 Å². The third-order valence-corrected chi connectivity index (χ3v) is 6.34. The van der Waals surface area contributed by atoms with Gasteiger partial charge in [0.25, 0.3) is 5.91 Å². The van der Waals surface area contributed by atoms with Crippen molar-refractivity contribution in [2.45, 2.75) is 6.92 Å². The summed E-state index contributed by atoms with van der Waals surface area (Å²) in [7, 11) is 1.58. The number of hydrazone groups is 1. The van der Waals surface area contributed by atoms with Gasteiger partial charge < -0.3 is 13.9 Å². The first-order chi connectivity index (χ1) is 17.6. The van der Waals surface area contributed by atoms with Gasteiger partial charge in [-0.25, -0.2) is 9.78 Å². The highest BCUT2D eigenvalue weighted by Gasteiger charge is 2.25. The fourth-order valence-electron chi connectivity index (χ4n) is 3.57. The molecule has 0 aliphatic heterocycles. The minimum Gasteiger partial charge on any atom is -0.497 e. The molecule has 0 atom stereocenters. The lowest BCUT2D eigenvalue weighted by molar-refractivity contribution is 0.0984. The van der Waals surface area contributed by atoms with Crippen LogP contribution < -0.4 is 20.1 Å². The number of amides is 1. The molecular formula is C27H21N3O5S. The monoisotopic (exact) mass is 499 g/mol. The number of methoxy groups -OCH3 is 1. The van der Waals surface area contributed by atoms with Crippen LogP contribution in [0.15, 0.2) is 87.1 Å². The molecule has 2 aromatic heterocycles. The van der Waals surface area contributed by atoms with E-state index in [0.717, 1.165) is 21.0 Å². The molecule has 1 amide bonds. The number of carbonyl (C=O) groups is 1. The third kappa shape index (κ3) is 4.69. The Bertz CT molecular complexity index is 1640. The Kier molecular flexibility index (Phi) is 6.46. The molecule has 0 N–H and O–H groups in total. The zero-order valence-corrected chi connectivity index (χ0v) is 20.3. The number of para-hydroxylation sites is 1. The summed E-state index contributed by atoms with van der Waals surface area (Å²) < 4.78 is 17.0. The molecule has 5 rings (SSSR count). The number of carbonyl (C=O) groups excluding carboxylic acids is 1. The van der Waals surface area contributed by atoms with Crippen molar-refractivity contribution in [2.24, 2.45) is 5.10 Å². The molecule has 36 heavy (non-hydrogen) atoms. The summed E-state index contributed by atoms with van der Waals surface area (Å²) in [5.41, 5.74) is 0.924. The number of hydrogen-bond acceptors (Lipinski definition) is 8. The van der Waals surface area contributed by atoms with Crippen LogP contribution in [0.1, 0.15) is 22.8 Å². The lowest BCUT2D eigenvalue weighted by Crippen LogP contribution is -2.30. The summed E-state index contributed by atoms with van der Waals surface area (Å²) in [6.07, 6.45) is 1.53. The van der Waals surface area contributed by atoms with E-state index in [2.05, 4.69) is 10.1 Å². The predicted octanol–water partition coefficient (Wildman–Crippen LogP) is 5.49. The van der Waals surface area contributed by atoms with E-state index in [9.17, 15) is 9.59 Å². The summed E-state index contributed by atoms with van der Waals surface area (Å²) in [5, 5.41) is 6.48. The predicted molar refractivity (Wildman–Crippen MR) is 141 cm³/mol. The van der Waals surface area contributed by atoms with E-state index in [0.29, 0.717) is 34.0 Å². The summed E-state index contributed by atoms with van der Waals surface area (Å²) in [6.45, 7) is 2.47. The smallest absolute Gasteiger partial charge is 0.349 e. The Balaban J connectivity index is 1.57. The maximum Gasteiger partial charge on any atom is 0.349 e. The average Bonchev–Trinajstić information content (AvgIpc) is 3.32. The average molecular weight is 500 g/mol. The molecule has 9 heteroatoms. The van der Waals surface area contributed by atoms with Crippen LogP contribution in [-0.2, 0) is 0 Å². The normalized spacial score (nSPS) is 11.3. The van der Waals surface area contributed by atoms with E-state index in [1.54, 1.807) is 43.5 Å². The first-order valence-electron chi connectivity index (χ1n) is 11.1. The van der Waals surface area contributed by atoms with E-state index in [1.807, 2.05) is 37.3 Å². The Morgan fingerprint density at radius 2 is 1.86 bits per heavy atom. The zero-order valence-electron chi connectivity index (χ0n) is 19.5. The highest BCUT2D eigenvalue weighted by atomic mass is 32.1. The van der Waals surface area contributed by atoms with Crippen LogP contribution in [0, 0.1) is 0 Å². The summed E-state index contributed by atoms with van der Waals surface area (Å²) >= 11 is 1.26. The van der Waals surface area contributed by atoms with Crippen molar-refractivity contribution in [3.8, 4) is 11.5 Å². The van der Waals surface area contributed by atoms with Crippen LogP contribution in [0.2, 0.25) is 0 Å². The zero-order chi connectivity index (χ0) is 25.1. The molecule has 0 saturated carbocycles. The van der Waals surface area contributed by atoms with Gasteiger partial charge in [0.05, 0.1) is 30.1 Å². The van der Waals surface area contributed by atoms with Crippen LogP contribution in [0.25, 0.3) is 21.2 Å². The molecule has 0 aliphatic rings. The third-order valence-electron chi connectivity index (χ3n) is 5.34. The standard InChI is InChI=1S/C27H21N3O5S/c1-3-34-19-10-8-17(9-11-19)16-28-30(27-29-22-13-12-20(33-2)15-24(22)36-27)25(31)21-14-18-6-4-5-7-23(18)35-26(21)32/h4-16H,3H2,1-2H3/b28-16+. The lowest BCUT2D eigenvalue weighted by Gasteiger charge is -2.13. The van der Waals surface area contributed by atoms with Gasteiger partial charge in [-0.1, -0.05) is 29.5 Å². The van der Waals surface area contributed by atoms with Crippen molar-refractivity contribution in [1.29, 1.82) is 0 Å². The highest BCUT2D eigenvalue weighted by molar-refractivity contribution is 7.22. The Labute approximate surface area is 210 Å². The van der Waals surface area contributed by atoms with Gasteiger partial charge in [0, 0.05) is 5.39 Å². The second-order valence-corrected chi connectivity index (χ2v) is 8.69. The van der Waals surface area contributed by atoms with Crippen LogP contribution in [-0.4, -0.2) is 30.8 Å². The molecule has 3 aromatic carbocycles. The van der Waals surface area contributed by atoms with Gasteiger partial charge in [-0.15, -0.1) is 0 Å². The van der Waals surface area contributed by atoms with Crippen molar-refractivity contribution in [3.63, 3.8) is 0 Å². The van der Waals surface area contributed by atoms with Gasteiger partial charge >= 0.3 is 5.63 Å². The van der Waals surface area contributed by atoms with Crippen molar-refractivity contribution in [1.82, 2.24) is 4.98 Å². The van der Waals surface area contributed by atoms with Gasteiger partial charge in [0.2, 0.25) is 5.13 Å². The van der Waals surface area contributed by atoms with Gasteiger partial charge in [0.15, 0.2) is 0 Å². The minimum absolute atomic E-state index is 0.144. The molecule has 180 valence electrons. The van der Waals surface area contributed by atoms with Crippen molar-refractivity contribution < 1.29 is 18.7 Å². The molecule has 2 heterocycles. The van der Waals surface area contributed by atoms with Crippen molar-refractivity contribution in [2.75, 3.05) is 18.7 Å². The number of aromatic nitrogens is 1. The lowest BCUT2D eigenvalue weighted by atomic mass is 10.2. The van der Waals surface area contributed by atoms with Gasteiger partial charge in [-0.2, -0.15) is 10.1 Å². The van der Waals surface area contributed by atoms with E-state index in [4.69, 9.17) is 13.9 Å². The Morgan fingerprint density at radius 3 is 2.64 bits per heavy atom. The first kappa shape index (κ1) is 23.3. The maximum atomic E-state index is 13.6. The molecule has 0 unspecified atom stereocenters. The number of hydrogen-bond donors (Lipinski definition) is 0. The molecule has 8 nitrogen and oxygen atoms in total. The topological polar surface area (TPSA) is 94.2 Å². The van der Waals surface area contributed by atoms with E-state index < -0.39 is 11.5 Å². The Morgan fingerprint density at radius 1 is 1.08 bits per heavy atom. The number of fused-ring (bicyclic) bond motifs is 2. The number of anilines is 1. The molecule has 5 aromatic rings. The molecule has 0 aliphatic carbocycles. The van der Waals surface area contributed by atoms with Crippen molar-refractivity contribution in [3.05, 3.63) is 94.3 Å². The fourth-order valence-corrected chi connectivity index (χ4v) is 4.52. The van der Waals surface area contributed by atoms with Gasteiger partial charge in [0.1, 0.15) is 22.6 Å². The number of thiazole rings is 1. The Hall–Kier alpha value is -4.50. The maximum absolute atomic E-state index is 13.6. The molecular weight excluding hydrogens is 478 g/mol. The molecule has 0 saturated heterocycles. The largest absolute Gasteiger partial charge is 0.497 e. The molecule has 0 radical (unpaired) electrons. The molecule has 0 fully saturated rings. The SMILES string of the molecule is CCOc1ccc(/C=N/N(C(=O)c2cc3ccccc3oc2=O)c2nc3ccc(OC)cc3s2)cc1. The fraction of sp³-hybridized carbons (Fsp3) is 0.111. The molecule has 0 spiro atoms. The summed E-state index contributed by atoms with van der Waals surface area (Å²) in [4.78, 5) is 30.9. The van der Waals surface area contributed by atoms with Crippen LogP contribution in [0.3, 0.4) is 0 Å². The quantitative estimate of drug-likeness (QED) is 0.167. The first-order valence-corrected chi connectivity index (χ1v) is 12.0. The minimum atomic E-state index is -0.747. The second kappa shape index (κ2) is 10.0. The highest BCUT2D eigenvalue weighted by Crippen LogP contribution is 2.32. The second-order valence-electron chi connectivity index (χ2n) is 7.68. The number of benzene rings is 3. The molecule has 0 bridgehead atoms. The number of ether oxygens (including phenoxy) is 2. The number of nitrogens with zero attached hydrogens (tertiary/aromatic N) is 3.